The molecule has 2 aliphatic rings. The monoisotopic (exact) mass is 313 g/mol. The lowest BCUT2D eigenvalue weighted by atomic mass is 10.2. The third kappa shape index (κ3) is 4.66. The number of piperazine rings is 1. The summed E-state index contributed by atoms with van der Waals surface area (Å²) in [7, 11) is 0. The van der Waals surface area contributed by atoms with E-state index in [1.54, 1.807) is 4.90 Å². The van der Waals surface area contributed by atoms with Gasteiger partial charge in [0, 0.05) is 38.8 Å². The average Bonchev–Trinajstić information content (AvgIpc) is 3.40. The third-order valence-electron chi connectivity index (χ3n) is 4.24. The van der Waals surface area contributed by atoms with Gasteiger partial charge in [0.15, 0.2) is 0 Å². The van der Waals surface area contributed by atoms with Gasteiger partial charge >= 0.3 is 11.8 Å². The van der Waals surface area contributed by atoms with Crippen LogP contribution in [0.5, 0.6) is 0 Å². The van der Waals surface area contributed by atoms with E-state index in [2.05, 4.69) is 34.5 Å². The van der Waals surface area contributed by atoms with E-state index in [1.165, 1.54) is 5.56 Å². The molecule has 0 spiro atoms. The van der Waals surface area contributed by atoms with Gasteiger partial charge < -0.3 is 10.2 Å². The molecule has 23 heavy (non-hydrogen) atoms. The van der Waals surface area contributed by atoms with Gasteiger partial charge in [-0.1, -0.05) is 42.5 Å². The Morgan fingerprint density at radius 2 is 1.78 bits per heavy atom. The minimum absolute atomic E-state index is 0.232. The second-order valence-corrected chi connectivity index (χ2v) is 6.15. The van der Waals surface area contributed by atoms with Crippen molar-refractivity contribution in [3.8, 4) is 0 Å². The minimum Gasteiger partial charge on any atom is -0.345 e. The molecule has 1 aromatic rings. The number of carbonyl (C=O) groups is 2. The molecule has 5 nitrogen and oxygen atoms in total. The largest absolute Gasteiger partial charge is 0.345 e. The van der Waals surface area contributed by atoms with Crippen LogP contribution in [-0.2, 0) is 9.59 Å². The molecule has 1 aliphatic carbocycles. The van der Waals surface area contributed by atoms with E-state index in [1.807, 2.05) is 18.2 Å². The van der Waals surface area contributed by atoms with Gasteiger partial charge in [-0.25, -0.2) is 0 Å². The fourth-order valence-corrected chi connectivity index (χ4v) is 2.65. The highest BCUT2D eigenvalue weighted by Gasteiger charge is 2.30. The summed E-state index contributed by atoms with van der Waals surface area (Å²) in [6.07, 6.45) is 6.26. The molecule has 2 fully saturated rings. The minimum atomic E-state index is -0.440. The number of hydrogen-bond acceptors (Lipinski definition) is 3. The summed E-state index contributed by atoms with van der Waals surface area (Å²) in [6, 6.07) is 10.4. The van der Waals surface area contributed by atoms with Crippen LogP contribution in [0.3, 0.4) is 0 Å². The third-order valence-corrected chi connectivity index (χ3v) is 4.24. The number of hydrogen-bond donors (Lipinski definition) is 1. The molecular formula is C18H23N3O2. The first kappa shape index (κ1) is 15.7. The van der Waals surface area contributed by atoms with E-state index in [0.717, 1.165) is 32.5 Å². The summed E-state index contributed by atoms with van der Waals surface area (Å²) >= 11 is 0. The van der Waals surface area contributed by atoms with E-state index in [4.69, 9.17) is 0 Å². The molecule has 0 unspecified atom stereocenters. The van der Waals surface area contributed by atoms with Crippen LogP contribution in [0.25, 0.3) is 6.08 Å². The summed E-state index contributed by atoms with van der Waals surface area (Å²) in [4.78, 5) is 27.8. The molecule has 0 atom stereocenters. The van der Waals surface area contributed by atoms with E-state index in [0.29, 0.717) is 13.1 Å². The van der Waals surface area contributed by atoms with Gasteiger partial charge in [-0.15, -0.1) is 0 Å². The van der Waals surface area contributed by atoms with E-state index < -0.39 is 5.91 Å². The van der Waals surface area contributed by atoms with Crippen molar-refractivity contribution in [2.75, 3.05) is 32.7 Å². The number of rotatable bonds is 4. The number of nitrogens with zero attached hydrogens (tertiary/aromatic N) is 2. The zero-order valence-electron chi connectivity index (χ0n) is 13.3. The molecule has 122 valence electrons. The molecule has 1 N–H and O–H groups in total. The first-order valence-corrected chi connectivity index (χ1v) is 8.26. The summed E-state index contributed by atoms with van der Waals surface area (Å²) in [6.45, 7) is 3.72. The summed E-state index contributed by atoms with van der Waals surface area (Å²) < 4.78 is 0. The van der Waals surface area contributed by atoms with Crippen molar-refractivity contribution in [3.63, 3.8) is 0 Å². The maximum absolute atomic E-state index is 12.0. The average molecular weight is 313 g/mol. The highest BCUT2D eigenvalue weighted by molar-refractivity contribution is 6.35. The van der Waals surface area contributed by atoms with Crippen molar-refractivity contribution < 1.29 is 9.59 Å². The van der Waals surface area contributed by atoms with Crippen molar-refractivity contribution in [3.05, 3.63) is 42.0 Å². The Hall–Kier alpha value is -2.14. The second-order valence-electron chi connectivity index (χ2n) is 6.15. The second kappa shape index (κ2) is 7.42. The number of benzene rings is 1. The molecular weight excluding hydrogens is 290 g/mol. The predicted octanol–water partition coefficient (Wildman–Crippen LogP) is 1.12. The zero-order valence-corrected chi connectivity index (χ0v) is 13.3. The summed E-state index contributed by atoms with van der Waals surface area (Å²) in [5.74, 6) is -0.818. The van der Waals surface area contributed by atoms with Crippen molar-refractivity contribution in [2.24, 2.45) is 0 Å². The van der Waals surface area contributed by atoms with Crippen molar-refractivity contribution >= 4 is 17.9 Å². The standard InChI is InChI=1S/C18H23N3O2/c22-17(19-16-8-9-16)18(23)21-13-11-20(12-14-21)10-4-7-15-5-2-1-3-6-15/h1-7,16H,8-14H2,(H,19,22)/b7-4+. The lowest BCUT2D eigenvalue weighted by Crippen LogP contribution is -2.52. The topological polar surface area (TPSA) is 52.7 Å². The number of carbonyl (C=O) groups excluding carboxylic acids is 2. The van der Waals surface area contributed by atoms with Crippen molar-refractivity contribution in [1.82, 2.24) is 15.1 Å². The van der Waals surface area contributed by atoms with Gasteiger partial charge in [-0.3, -0.25) is 14.5 Å². The number of nitrogens with one attached hydrogen (secondary N) is 1. The Labute approximate surface area is 137 Å². The van der Waals surface area contributed by atoms with Crippen LogP contribution >= 0.6 is 0 Å². The molecule has 1 saturated carbocycles. The van der Waals surface area contributed by atoms with Crippen LogP contribution in [0.1, 0.15) is 18.4 Å². The smallest absolute Gasteiger partial charge is 0.311 e. The highest BCUT2D eigenvalue weighted by atomic mass is 16.2. The molecule has 3 rings (SSSR count). The molecule has 1 saturated heterocycles. The molecule has 0 aromatic heterocycles. The van der Waals surface area contributed by atoms with E-state index in [-0.39, 0.29) is 11.9 Å². The van der Waals surface area contributed by atoms with Crippen LogP contribution < -0.4 is 5.32 Å². The van der Waals surface area contributed by atoms with Crippen LogP contribution in [0.2, 0.25) is 0 Å². The zero-order chi connectivity index (χ0) is 16.1. The Kier molecular flexibility index (Phi) is 5.08. The van der Waals surface area contributed by atoms with Crippen LogP contribution in [0.4, 0.5) is 0 Å². The summed E-state index contributed by atoms with van der Waals surface area (Å²) in [5.41, 5.74) is 1.19. The van der Waals surface area contributed by atoms with Crippen molar-refractivity contribution in [1.29, 1.82) is 0 Å². The summed E-state index contributed by atoms with van der Waals surface area (Å²) in [5, 5.41) is 2.76. The van der Waals surface area contributed by atoms with Gasteiger partial charge in [0.2, 0.25) is 0 Å². The van der Waals surface area contributed by atoms with Gasteiger partial charge in [0.1, 0.15) is 0 Å². The molecule has 2 amide bonds. The Balaban J connectivity index is 1.40. The molecule has 5 heteroatoms. The first-order chi connectivity index (χ1) is 11.2. The maximum atomic E-state index is 12.0. The fraction of sp³-hybridized carbons (Fsp3) is 0.444. The molecule has 0 bridgehead atoms. The molecule has 1 aromatic carbocycles. The molecule has 0 radical (unpaired) electrons. The lowest BCUT2D eigenvalue weighted by molar-refractivity contribution is -0.147. The molecule has 1 heterocycles. The van der Waals surface area contributed by atoms with Gasteiger partial charge in [-0.05, 0) is 18.4 Å². The van der Waals surface area contributed by atoms with E-state index >= 15 is 0 Å². The predicted molar refractivity (Wildman–Crippen MR) is 89.7 cm³/mol. The highest BCUT2D eigenvalue weighted by Crippen LogP contribution is 2.18. The Morgan fingerprint density at radius 3 is 2.43 bits per heavy atom. The van der Waals surface area contributed by atoms with Crippen LogP contribution in [-0.4, -0.2) is 60.4 Å². The quantitative estimate of drug-likeness (QED) is 0.848. The normalized spacial score (nSPS) is 19.0. The van der Waals surface area contributed by atoms with Crippen LogP contribution in [0, 0.1) is 0 Å². The maximum Gasteiger partial charge on any atom is 0.311 e. The van der Waals surface area contributed by atoms with Crippen LogP contribution in [0.15, 0.2) is 36.4 Å². The first-order valence-electron chi connectivity index (χ1n) is 8.26. The lowest BCUT2D eigenvalue weighted by Gasteiger charge is -2.33. The Bertz CT molecular complexity index is 573. The van der Waals surface area contributed by atoms with Crippen molar-refractivity contribution in [2.45, 2.75) is 18.9 Å². The molecule has 1 aliphatic heterocycles. The Morgan fingerprint density at radius 1 is 1.09 bits per heavy atom. The van der Waals surface area contributed by atoms with Gasteiger partial charge in [-0.2, -0.15) is 0 Å². The number of amides is 2. The van der Waals surface area contributed by atoms with E-state index in [9.17, 15) is 9.59 Å². The fourth-order valence-electron chi connectivity index (χ4n) is 2.65. The van der Waals surface area contributed by atoms with Gasteiger partial charge in [0.25, 0.3) is 0 Å². The SMILES string of the molecule is O=C(NC1CC1)C(=O)N1CCN(C/C=C/c2ccccc2)CC1. The van der Waals surface area contributed by atoms with Gasteiger partial charge in [0.05, 0.1) is 0 Å².